The van der Waals surface area contributed by atoms with Crippen molar-refractivity contribution in [1.82, 2.24) is 0 Å². The van der Waals surface area contributed by atoms with Gasteiger partial charge in [-0.15, -0.1) is 0 Å². The van der Waals surface area contributed by atoms with Crippen LogP contribution in [0, 0.1) is 82.9 Å². The van der Waals surface area contributed by atoms with Gasteiger partial charge in [0.15, 0.2) is 0 Å². The minimum atomic E-state index is -0.826. The third kappa shape index (κ3) is 9.22. The number of fused-ring (bicyclic) bond motifs is 4. The molecule has 0 amide bonds. The number of hydrogen-bond donors (Lipinski definition) is 0. The molecular formula is C53H80Cl2Zr. The summed E-state index contributed by atoms with van der Waals surface area (Å²) in [5.74, 6) is 14.5. The van der Waals surface area contributed by atoms with Crippen molar-refractivity contribution in [2.75, 3.05) is 0 Å². The van der Waals surface area contributed by atoms with E-state index < -0.39 is 20.8 Å². The van der Waals surface area contributed by atoms with Crippen molar-refractivity contribution >= 4 is 17.0 Å². The van der Waals surface area contributed by atoms with Crippen LogP contribution in [0.25, 0.3) is 0 Å². The molecule has 3 heteroatoms. The number of rotatable bonds is 8. The Morgan fingerprint density at radius 1 is 0.518 bits per heavy atom. The van der Waals surface area contributed by atoms with Gasteiger partial charge in [-0.25, -0.2) is 0 Å². The molecule has 14 unspecified atom stereocenters. The van der Waals surface area contributed by atoms with E-state index in [1.54, 1.807) is 30.4 Å². The van der Waals surface area contributed by atoms with E-state index in [0.29, 0.717) is 0 Å². The third-order valence-electron chi connectivity index (χ3n) is 17.4. The van der Waals surface area contributed by atoms with Crippen LogP contribution in [-0.2, 0) is 31.7 Å². The van der Waals surface area contributed by atoms with Crippen LogP contribution in [0.5, 0.6) is 0 Å². The topological polar surface area (TPSA) is 0 Å². The van der Waals surface area contributed by atoms with Gasteiger partial charge in [0, 0.05) is 0 Å². The molecule has 56 heavy (non-hydrogen) atoms. The zero-order valence-corrected chi connectivity index (χ0v) is 41.3. The molecule has 0 nitrogen and oxygen atoms in total. The summed E-state index contributed by atoms with van der Waals surface area (Å²) in [6, 6.07) is 20.5. The standard InChI is InChI=1S/C53H80.2ClH.Zr/c1-32(2)25-38-29-48-46(27-36-13-11-15-42(36)50(48)34-17-21-40(22-18-34)52(5,6)7)44(38)31-45-39(26-33(3)4)30-49-47(45)28-37-14-12-16-43(37)51(49)35-19-23-41(24-20-35)53(8,9)10;;;/h17-24,32-33,36-39,42-51H,11-16,25-31H2,1-10H3;2*1H;/q;;;+2/p-2. The van der Waals surface area contributed by atoms with Gasteiger partial charge >= 0.3 is 37.9 Å². The van der Waals surface area contributed by atoms with Gasteiger partial charge in [0.2, 0.25) is 0 Å². The van der Waals surface area contributed by atoms with Crippen molar-refractivity contribution in [3.8, 4) is 0 Å². The Morgan fingerprint density at radius 2 is 0.875 bits per heavy atom. The van der Waals surface area contributed by atoms with E-state index in [-0.39, 0.29) is 10.8 Å². The second kappa shape index (κ2) is 18.1. The van der Waals surface area contributed by atoms with Crippen LogP contribution in [0.15, 0.2) is 48.5 Å². The Kier molecular flexibility index (Phi) is 14.2. The molecule has 0 aliphatic heterocycles. The predicted molar refractivity (Wildman–Crippen MR) is 239 cm³/mol. The molecule has 0 radical (unpaired) electrons. The first-order valence-corrected chi connectivity index (χ1v) is 30.1. The third-order valence-corrected chi connectivity index (χ3v) is 17.4. The summed E-state index contributed by atoms with van der Waals surface area (Å²) >= 11 is -0.826. The molecule has 0 saturated heterocycles. The molecule has 14 atom stereocenters. The first-order valence-electron chi connectivity index (χ1n) is 23.8. The van der Waals surface area contributed by atoms with Crippen molar-refractivity contribution in [3.63, 3.8) is 0 Å². The second-order valence-corrected chi connectivity index (χ2v) is 27.2. The first-order chi connectivity index (χ1) is 26.6. The van der Waals surface area contributed by atoms with Crippen LogP contribution in [-0.4, -0.2) is 0 Å². The van der Waals surface area contributed by atoms with Crippen LogP contribution in [0.4, 0.5) is 0 Å². The van der Waals surface area contributed by atoms with Gasteiger partial charge in [0.1, 0.15) is 0 Å². The fourth-order valence-electron chi connectivity index (χ4n) is 15.5. The summed E-state index contributed by atoms with van der Waals surface area (Å²) in [7, 11) is 9.87. The van der Waals surface area contributed by atoms with E-state index in [4.69, 9.17) is 17.0 Å². The van der Waals surface area contributed by atoms with Crippen molar-refractivity contribution in [1.29, 1.82) is 0 Å². The van der Waals surface area contributed by atoms with Gasteiger partial charge in [0.05, 0.1) is 0 Å². The Morgan fingerprint density at radius 3 is 1.20 bits per heavy atom. The van der Waals surface area contributed by atoms with E-state index in [0.717, 1.165) is 94.7 Å². The van der Waals surface area contributed by atoms with Crippen LogP contribution >= 0.6 is 17.0 Å². The summed E-state index contributed by atoms with van der Waals surface area (Å²) in [6.07, 6.45) is 19.6. The van der Waals surface area contributed by atoms with Gasteiger partial charge in [-0.05, 0) is 186 Å². The molecule has 0 N–H and O–H groups in total. The zero-order chi connectivity index (χ0) is 40.1. The number of hydrogen-bond acceptors (Lipinski definition) is 0. The Labute approximate surface area is 364 Å². The molecule has 6 fully saturated rings. The molecule has 6 aliphatic rings. The fraction of sp³-hybridized carbons (Fsp3) is 0.774. The molecule has 0 spiro atoms. The van der Waals surface area contributed by atoms with Crippen LogP contribution in [0.1, 0.15) is 187 Å². The van der Waals surface area contributed by atoms with Gasteiger partial charge < -0.3 is 0 Å². The van der Waals surface area contributed by atoms with Gasteiger partial charge in [-0.2, -0.15) is 0 Å². The van der Waals surface area contributed by atoms with Gasteiger partial charge in [0.25, 0.3) is 0 Å². The summed E-state index contributed by atoms with van der Waals surface area (Å²) in [5.41, 5.74) is 6.89. The fourth-order valence-corrected chi connectivity index (χ4v) is 15.5. The predicted octanol–water partition coefficient (Wildman–Crippen LogP) is 16.4. The molecule has 2 aromatic rings. The van der Waals surface area contributed by atoms with Crippen LogP contribution in [0.2, 0.25) is 0 Å². The maximum absolute atomic E-state index is 4.93. The van der Waals surface area contributed by atoms with Crippen molar-refractivity contribution < 1.29 is 20.8 Å². The van der Waals surface area contributed by atoms with E-state index in [1.807, 2.05) is 0 Å². The Bertz CT molecular complexity index is 1430. The summed E-state index contributed by atoms with van der Waals surface area (Å²) in [5, 5.41) is 0. The van der Waals surface area contributed by atoms with Gasteiger partial charge in [-0.1, -0.05) is 143 Å². The van der Waals surface area contributed by atoms with E-state index in [1.165, 1.54) is 75.3 Å². The van der Waals surface area contributed by atoms with Crippen LogP contribution < -0.4 is 0 Å². The molecule has 8 rings (SSSR count). The average Bonchev–Trinajstić information content (AvgIpc) is 3.92. The molecule has 6 saturated carbocycles. The summed E-state index contributed by atoms with van der Waals surface area (Å²) in [4.78, 5) is 0. The normalized spacial score (nSPS) is 37.8. The Balaban J connectivity index is 0.00000155. The number of halogens is 2. The van der Waals surface area contributed by atoms with Crippen LogP contribution in [0.3, 0.4) is 0 Å². The molecule has 0 bridgehead atoms. The molecule has 2 aromatic carbocycles. The summed E-state index contributed by atoms with van der Waals surface area (Å²) < 4.78 is 0. The molecular weight excluding hydrogens is 799 g/mol. The van der Waals surface area contributed by atoms with Gasteiger partial charge in [-0.3, -0.25) is 0 Å². The monoisotopic (exact) mass is 876 g/mol. The Hall–Kier alpha value is -0.0969. The van der Waals surface area contributed by atoms with Crippen molar-refractivity contribution in [2.45, 2.75) is 175 Å². The SMILES string of the molecule is CC(C)CC1CC2C(CC3CCCC3C2c2ccc(C(C)(C)C)cc2)C1CC1C(CC(C)C)CC2C1CC1CCCC1C2c1ccc(C(C)(C)C)cc1.[Cl][Zr][Cl]. The molecule has 0 aromatic heterocycles. The number of benzene rings is 2. The van der Waals surface area contributed by atoms with E-state index in [9.17, 15) is 0 Å². The van der Waals surface area contributed by atoms with E-state index >= 15 is 0 Å². The van der Waals surface area contributed by atoms with E-state index in [2.05, 4.69) is 118 Å². The average molecular weight is 879 g/mol. The maximum atomic E-state index is 4.93. The molecule has 0 heterocycles. The zero-order valence-electron chi connectivity index (χ0n) is 37.3. The summed E-state index contributed by atoms with van der Waals surface area (Å²) in [6.45, 7) is 24.5. The molecule has 6 aliphatic carbocycles. The van der Waals surface area contributed by atoms with Crippen molar-refractivity contribution in [2.24, 2.45) is 82.9 Å². The van der Waals surface area contributed by atoms with Crippen molar-refractivity contribution in [3.05, 3.63) is 70.8 Å². The minimum absolute atomic E-state index is 0.225. The quantitative estimate of drug-likeness (QED) is 0.248. The first kappa shape index (κ1) is 44.0. The molecule has 310 valence electrons. The second-order valence-electron chi connectivity index (χ2n) is 23.5.